The van der Waals surface area contributed by atoms with Gasteiger partial charge in [0.05, 0.1) is 11.4 Å². The molecule has 0 aromatic heterocycles. The Hall–Kier alpha value is -1.77. The molecular weight excluding hydrogens is 499 g/mol. The molecule has 1 N–H and O–H groups in total. The van der Waals surface area contributed by atoms with E-state index in [0.29, 0.717) is 21.5 Å². The summed E-state index contributed by atoms with van der Waals surface area (Å²) in [6.07, 6.45) is 0.601. The van der Waals surface area contributed by atoms with Crippen LogP contribution in [-0.2, 0) is 16.1 Å². The van der Waals surface area contributed by atoms with Gasteiger partial charge in [-0.2, -0.15) is 0 Å². The molecule has 2 amide bonds. The molecule has 1 atom stereocenters. The molecular formula is C21H17Cl3N2O3S2. The molecule has 0 spiro atoms. The van der Waals surface area contributed by atoms with Gasteiger partial charge in [-0.3, -0.25) is 14.5 Å². The highest BCUT2D eigenvalue weighted by Crippen LogP contribution is 2.34. The number of halogens is 3. The van der Waals surface area contributed by atoms with E-state index in [1.54, 1.807) is 35.2 Å². The number of thioether (sulfide) groups is 1. The van der Waals surface area contributed by atoms with E-state index in [-0.39, 0.29) is 5.91 Å². The number of ether oxygens (including phenoxy) is 1. The van der Waals surface area contributed by atoms with Gasteiger partial charge in [-0.05, 0) is 29.3 Å². The maximum atomic E-state index is 12.8. The number of rotatable bonds is 6. The van der Waals surface area contributed by atoms with Crippen LogP contribution in [0.15, 0.2) is 59.5 Å². The number of hydrogen-bond acceptors (Lipinski definition) is 5. The lowest BCUT2D eigenvalue weighted by atomic mass is 10.2. The number of amides is 2. The van der Waals surface area contributed by atoms with Crippen LogP contribution in [0, 0.1) is 0 Å². The van der Waals surface area contributed by atoms with Crippen LogP contribution >= 0.6 is 58.8 Å². The molecule has 1 aliphatic heterocycles. The topological polar surface area (TPSA) is 58.6 Å². The van der Waals surface area contributed by atoms with E-state index in [1.807, 2.05) is 30.3 Å². The van der Waals surface area contributed by atoms with Crippen LogP contribution in [0.3, 0.4) is 0 Å². The summed E-state index contributed by atoms with van der Waals surface area (Å²) < 4.78 is 4.25. The third-order valence-corrected chi connectivity index (χ3v) is 6.09. The summed E-state index contributed by atoms with van der Waals surface area (Å²) in [6.45, 7) is 1.72. The number of carbonyl (C=O) groups is 2. The Morgan fingerprint density at radius 1 is 1.19 bits per heavy atom. The van der Waals surface area contributed by atoms with E-state index >= 15 is 0 Å². The van der Waals surface area contributed by atoms with Gasteiger partial charge in [-0.25, -0.2) is 0 Å². The molecule has 5 nitrogen and oxygen atoms in total. The fourth-order valence-corrected chi connectivity index (χ4v) is 4.25. The highest BCUT2D eigenvalue weighted by molar-refractivity contribution is 8.26. The molecule has 2 aromatic rings. The summed E-state index contributed by atoms with van der Waals surface area (Å²) in [5.41, 5.74) is 1.78. The molecule has 1 fully saturated rings. The zero-order chi connectivity index (χ0) is 22.6. The Morgan fingerprint density at radius 2 is 1.84 bits per heavy atom. The first-order chi connectivity index (χ1) is 14.6. The second-order valence-corrected chi connectivity index (χ2v) is 10.6. The van der Waals surface area contributed by atoms with Crippen LogP contribution in [0.4, 0.5) is 0 Å². The largest absolute Gasteiger partial charge is 0.466 e. The van der Waals surface area contributed by atoms with Crippen molar-refractivity contribution in [1.29, 1.82) is 0 Å². The lowest BCUT2D eigenvalue weighted by molar-refractivity contribution is -0.123. The first kappa shape index (κ1) is 23.9. The normalized spacial score (nSPS) is 16.5. The number of alkyl halides is 3. The minimum Gasteiger partial charge on any atom is -0.466 e. The van der Waals surface area contributed by atoms with E-state index in [1.165, 1.54) is 18.7 Å². The molecule has 10 heteroatoms. The Kier molecular flexibility index (Phi) is 7.88. The predicted molar refractivity (Wildman–Crippen MR) is 130 cm³/mol. The summed E-state index contributed by atoms with van der Waals surface area (Å²) in [6, 6.07) is 16.5. The average molecular weight is 516 g/mol. The standard InChI is InChI=1S/C21H17Cl3N2O3S2/c1-13(27)25-19(21(22,23)24)29-16-9-7-14(8-10-16)11-17-18(28)26(20(30)31-17)12-15-5-3-2-4-6-15/h2-11,19H,12H2,1H3,(H,25,27)/b17-11-/t19-/m0/s1. The summed E-state index contributed by atoms with van der Waals surface area (Å²) in [5, 5.41) is 2.44. The van der Waals surface area contributed by atoms with Crippen LogP contribution < -0.4 is 10.1 Å². The van der Waals surface area contributed by atoms with Crippen molar-refractivity contribution in [1.82, 2.24) is 10.2 Å². The van der Waals surface area contributed by atoms with E-state index in [2.05, 4.69) is 5.32 Å². The monoisotopic (exact) mass is 514 g/mol. The lowest BCUT2D eigenvalue weighted by Crippen LogP contribution is -2.47. The Morgan fingerprint density at radius 3 is 2.42 bits per heavy atom. The number of nitrogens with zero attached hydrogens (tertiary/aromatic N) is 1. The summed E-state index contributed by atoms with van der Waals surface area (Å²) in [7, 11) is 0. The zero-order valence-electron chi connectivity index (χ0n) is 16.2. The van der Waals surface area contributed by atoms with Gasteiger partial charge in [0.25, 0.3) is 5.91 Å². The molecule has 2 aromatic carbocycles. The van der Waals surface area contributed by atoms with Gasteiger partial charge < -0.3 is 10.1 Å². The maximum Gasteiger partial charge on any atom is 0.266 e. The number of hydrogen-bond donors (Lipinski definition) is 1. The van der Waals surface area contributed by atoms with Crippen LogP contribution in [0.2, 0.25) is 0 Å². The van der Waals surface area contributed by atoms with Crippen molar-refractivity contribution in [2.45, 2.75) is 23.5 Å². The Bertz CT molecular complexity index is 1010. The smallest absolute Gasteiger partial charge is 0.266 e. The number of carbonyl (C=O) groups excluding carboxylic acids is 2. The van der Waals surface area contributed by atoms with Crippen molar-refractivity contribution >= 4 is 81.0 Å². The predicted octanol–water partition coefficient (Wildman–Crippen LogP) is 5.30. The second kappa shape index (κ2) is 10.2. The molecule has 31 heavy (non-hydrogen) atoms. The minimum absolute atomic E-state index is 0.138. The van der Waals surface area contributed by atoms with Crippen LogP contribution in [0.1, 0.15) is 18.1 Å². The molecule has 162 valence electrons. The fraction of sp³-hybridized carbons (Fsp3) is 0.190. The Balaban J connectivity index is 1.70. The molecule has 1 aliphatic rings. The van der Waals surface area contributed by atoms with Gasteiger partial charge in [0, 0.05) is 6.92 Å². The summed E-state index contributed by atoms with van der Waals surface area (Å²) in [4.78, 5) is 26.2. The van der Waals surface area contributed by atoms with E-state index in [0.717, 1.165) is 11.1 Å². The third-order valence-electron chi connectivity index (χ3n) is 4.12. The molecule has 1 saturated heterocycles. The van der Waals surface area contributed by atoms with Crippen molar-refractivity contribution in [3.8, 4) is 5.75 Å². The van der Waals surface area contributed by atoms with Crippen LogP contribution in [0.5, 0.6) is 5.75 Å². The number of benzene rings is 2. The summed E-state index contributed by atoms with van der Waals surface area (Å²) >= 11 is 24.2. The molecule has 0 unspecified atom stereocenters. The van der Waals surface area contributed by atoms with E-state index in [4.69, 9.17) is 51.8 Å². The van der Waals surface area contributed by atoms with Crippen molar-refractivity contribution in [2.24, 2.45) is 0 Å². The molecule has 0 bridgehead atoms. The molecule has 0 saturated carbocycles. The van der Waals surface area contributed by atoms with Gasteiger partial charge in [0.1, 0.15) is 10.1 Å². The van der Waals surface area contributed by atoms with Crippen LogP contribution in [-0.4, -0.2) is 31.1 Å². The first-order valence-corrected chi connectivity index (χ1v) is 11.4. The molecule has 0 radical (unpaired) electrons. The maximum absolute atomic E-state index is 12.8. The van der Waals surface area contributed by atoms with Crippen molar-refractivity contribution in [3.63, 3.8) is 0 Å². The first-order valence-electron chi connectivity index (χ1n) is 9.03. The highest BCUT2D eigenvalue weighted by Gasteiger charge is 2.35. The average Bonchev–Trinajstić information content (AvgIpc) is 2.96. The van der Waals surface area contributed by atoms with Crippen molar-refractivity contribution < 1.29 is 14.3 Å². The second-order valence-electron chi connectivity index (χ2n) is 6.56. The van der Waals surface area contributed by atoms with E-state index < -0.39 is 15.9 Å². The van der Waals surface area contributed by atoms with Gasteiger partial charge in [0.2, 0.25) is 15.9 Å². The van der Waals surface area contributed by atoms with Gasteiger partial charge in [0.15, 0.2) is 0 Å². The SMILES string of the molecule is CC(=O)N[C@@H](Oc1ccc(/C=C2\SC(=S)N(Cc3ccccc3)C2=O)cc1)C(Cl)(Cl)Cl. The Labute approximate surface area is 204 Å². The van der Waals surface area contributed by atoms with Crippen molar-refractivity contribution in [3.05, 3.63) is 70.6 Å². The molecule has 0 aliphatic carbocycles. The lowest BCUT2D eigenvalue weighted by Gasteiger charge is -2.25. The molecule has 3 rings (SSSR count). The van der Waals surface area contributed by atoms with Gasteiger partial charge in [-0.15, -0.1) is 0 Å². The number of nitrogens with one attached hydrogen (secondary N) is 1. The number of thiocarbonyl (C=S) groups is 1. The van der Waals surface area contributed by atoms with Crippen molar-refractivity contribution in [2.75, 3.05) is 0 Å². The fourth-order valence-electron chi connectivity index (χ4n) is 2.70. The third kappa shape index (κ3) is 6.60. The molecule has 1 heterocycles. The highest BCUT2D eigenvalue weighted by atomic mass is 35.6. The zero-order valence-corrected chi connectivity index (χ0v) is 20.1. The van der Waals surface area contributed by atoms with E-state index in [9.17, 15) is 9.59 Å². The quantitative estimate of drug-likeness (QED) is 0.245. The van der Waals surface area contributed by atoms with Gasteiger partial charge in [-0.1, -0.05) is 101 Å². The summed E-state index contributed by atoms with van der Waals surface area (Å²) in [5.74, 6) is -0.148. The van der Waals surface area contributed by atoms with Crippen LogP contribution in [0.25, 0.3) is 6.08 Å². The minimum atomic E-state index is -1.85. The van der Waals surface area contributed by atoms with Gasteiger partial charge >= 0.3 is 0 Å².